The van der Waals surface area contributed by atoms with Crippen LogP contribution in [0.3, 0.4) is 0 Å². The second-order valence-electron chi connectivity index (χ2n) is 3.62. The molecule has 3 nitrogen and oxygen atoms in total. The van der Waals surface area contributed by atoms with E-state index in [2.05, 4.69) is 10.6 Å². The van der Waals surface area contributed by atoms with Crippen molar-refractivity contribution < 1.29 is 4.79 Å². The molecule has 2 rings (SSSR count). The van der Waals surface area contributed by atoms with Crippen molar-refractivity contribution in [2.75, 3.05) is 19.6 Å². The van der Waals surface area contributed by atoms with Gasteiger partial charge in [0.1, 0.15) is 0 Å². The Hall–Kier alpha value is -0.570. The Morgan fingerprint density at radius 1 is 0.846 bits per heavy atom. The van der Waals surface area contributed by atoms with Crippen molar-refractivity contribution in [1.29, 1.82) is 0 Å². The minimum atomic E-state index is 0.214. The summed E-state index contributed by atoms with van der Waals surface area (Å²) in [4.78, 5) is 10.4. The zero-order chi connectivity index (χ0) is 9.36. The number of piperidine rings is 2. The maximum Gasteiger partial charge on any atom is 0.219 e. The summed E-state index contributed by atoms with van der Waals surface area (Å²) in [6.45, 7) is 3.39. The van der Waals surface area contributed by atoms with Crippen molar-refractivity contribution in [3.8, 4) is 0 Å². The zero-order valence-corrected chi connectivity index (χ0v) is 8.27. The van der Waals surface area contributed by atoms with Crippen LogP contribution in [0.15, 0.2) is 0 Å². The van der Waals surface area contributed by atoms with Crippen molar-refractivity contribution in [1.82, 2.24) is 10.6 Å². The second kappa shape index (κ2) is 6.89. The van der Waals surface area contributed by atoms with Crippen LogP contribution in [-0.4, -0.2) is 25.5 Å². The van der Waals surface area contributed by atoms with Crippen LogP contribution in [0.5, 0.6) is 0 Å². The van der Waals surface area contributed by atoms with Gasteiger partial charge >= 0.3 is 0 Å². The summed E-state index contributed by atoms with van der Waals surface area (Å²) in [7, 11) is 0. The van der Waals surface area contributed by atoms with Crippen LogP contribution in [0.4, 0.5) is 0 Å². The van der Waals surface area contributed by atoms with E-state index in [9.17, 15) is 4.79 Å². The fourth-order valence-electron chi connectivity index (χ4n) is 1.53. The van der Waals surface area contributed by atoms with E-state index in [1.165, 1.54) is 32.4 Å². The van der Waals surface area contributed by atoms with E-state index < -0.39 is 0 Å². The quantitative estimate of drug-likeness (QED) is 0.591. The van der Waals surface area contributed by atoms with Crippen molar-refractivity contribution in [3.05, 3.63) is 0 Å². The molecule has 0 aromatic carbocycles. The third-order valence-corrected chi connectivity index (χ3v) is 2.36. The number of carbonyl (C=O) groups excluding carboxylic acids is 1. The molecule has 0 radical (unpaired) electrons. The Bertz CT molecular complexity index is 124. The fourth-order valence-corrected chi connectivity index (χ4v) is 1.53. The fraction of sp³-hybridized carbons (Fsp3) is 0.900. The second-order valence-corrected chi connectivity index (χ2v) is 3.62. The minimum absolute atomic E-state index is 0.214. The average molecular weight is 184 g/mol. The van der Waals surface area contributed by atoms with Gasteiger partial charge in [0.25, 0.3) is 0 Å². The van der Waals surface area contributed by atoms with Crippen LogP contribution < -0.4 is 10.6 Å². The monoisotopic (exact) mass is 184 g/mol. The Balaban J connectivity index is 0.000000132. The normalized spacial score (nSPS) is 22.6. The maximum absolute atomic E-state index is 10.4. The zero-order valence-electron chi connectivity index (χ0n) is 8.27. The molecule has 2 aliphatic heterocycles. The average Bonchev–Trinajstić information content (AvgIpc) is 2.22. The van der Waals surface area contributed by atoms with Crippen molar-refractivity contribution in [2.45, 2.75) is 38.5 Å². The molecule has 0 spiro atoms. The molecule has 0 bridgehead atoms. The molecule has 2 aliphatic rings. The molecule has 2 fully saturated rings. The standard InChI is InChI=1S/C5H9NO.C5H11N/c7-5-3-1-2-4-6-5;1-2-4-6-5-3-1/h1-4H2,(H,6,7);6H,1-5H2. The van der Waals surface area contributed by atoms with Crippen LogP contribution in [0.25, 0.3) is 0 Å². The van der Waals surface area contributed by atoms with Gasteiger partial charge in [-0.3, -0.25) is 4.79 Å². The van der Waals surface area contributed by atoms with E-state index in [0.717, 1.165) is 25.8 Å². The van der Waals surface area contributed by atoms with E-state index in [0.29, 0.717) is 0 Å². The molecule has 2 N–H and O–H groups in total. The van der Waals surface area contributed by atoms with Crippen molar-refractivity contribution in [2.24, 2.45) is 0 Å². The lowest BCUT2D eigenvalue weighted by molar-refractivity contribution is -0.122. The van der Waals surface area contributed by atoms with Gasteiger partial charge in [-0.1, -0.05) is 6.42 Å². The van der Waals surface area contributed by atoms with Gasteiger partial charge in [-0.15, -0.1) is 0 Å². The van der Waals surface area contributed by atoms with Crippen LogP contribution in [0, 0.1) is 0 Å². The first-order valence-electron chi connectivity index (χ1n) is 5.37. The van der Waals surface area contributed by atoms with Crippen molar-refractivity contribution in [3.63, 3.8) is 0 Å². The molecule has 3 heteroatoms. The first kappa shape index (κ1) is 10.5. The smallest absolute Gasteiger partial charge is 0.219 e. The first-order valence-corrected chi connectivity index (χ1v) is 5.37. The molecule has 0 aliphatic carbocycles. The van der Waals surface area contributed by atoms with Crippen LogP contribution >= 0.6 is 0 Å². The summed E-state index contributed by atoms with van der Waals surface area (Å²) in [6.07, 6.45) is 7.19. The van der Waals surface area contributed by atoms with Gasteiger partial charge in [-0.25, -0.2) is 0 Å². The maximum atomic E-state index is 10.4. The number of amides is 1. The van der Waals surface area contributed by atoms with Gasteiger partial charge in [-0.2, -0.15) is 0 Å². The lowest BCUT2D eigenvalue weighted by atomic mass is 10.2. The molecule has 76 valence electrons. The van der Waals surface area contributed by atoms with E-state index in [1.807, 2.05) is 0 Å². The summed E-state index contributed by atoms with van der Waals surface area (Å²) in [6, 6.07) is 0. The molecular formula is C10H20N2O. The summed E-state index contributed by atoms with van der Waals surface area (Å²) in [5.41, 5.74) is 0. The van der Waals surface area contributed by atoms with Gasteiger partial charge in [-0.05, 0) is 38.8 Å². The van der Waals surface area contributed by atoms with Gasteiger partial charge in [0, 0.05) is 13.0 Å². The van der Waals surface area contributed by atoms with Gasteiger partial charge in [0.2, 0.25) is 5.91 Å². The molecule has 2 heterocycles. The number of nitrogens with one attached hydrogen (secondary N) is 2. The number of rotatable bonds is 0. The topological polar surface area (TPSA) is 41.1 Å². The third kappa shape index (κ3) is 5.64. The van der Waals surface area contributed by atoms with E-state index in [-0.39, 0.29) is 5.91 Å². The first-order chi connectivity index (χ1) is 6.39. The lowest BCUT2D eigenvalue weighted by Crippen LogP contribution is -2.28. The summed E-state index contributed by atoms with van der Waals surface area (Å²) in [5, 5.41) is 6.03. The minimum Gasteiger partial charge on any atom is -0.356 e. The highest BCUT2D eigenvalue weighted by Gasteiger charge is 2.04. The molecule has 2 saturated heterocycles. The highest BCUT2D eigenvalue weighted by molar-refractivity contribution is 5.76. The molecule has 0 aromatic rings. The van der Waals surface area contributed by atoms with Gasteiger partial charge < -0.3 is 10.6 Å². The molecule has 13 heavy (non-hydrogen) atoms. The van der Waals surface area contributed by atoms with Gasteiger partial charge in [0.05, 0.1) is 0 Å². The Morgan fingerprint density at radius 3 is 1.77 bits per heavy atom. The highest BCUT2D eigenvalue weighted by Crippen LogP contribution is 1.98. The van der Waals surface area contributed by atoms with E-state index in [4.69, 9.17) is 0 Å². The lowest BCUT2D eigenvalue weighted by Gasteiger charge is -2.08. The molecule has 0 unspecified atom stereocenters. The Labute approximate surface area is 80.3 Å². The SMILES string of the molecule is C1CCNCC1.O=C1CCCCN1. The predicted octanol–water partition coefficient (Wildman–Crippen LogP) is 1.05. The van der Waals surface area contributed by atoms with Crippen LogP contribution in [0.2, 0.25) is 0 Å². The van der Waals surface area contributed by atoms with Crippen LogP contribution in [0.1, 0.15) is 38.5 Å². The molecular weight excluding hydrogens is 164 g/mol. The largest absolute Gasteiger partial charge is 0.356 e. The van der Waals surface area contributed by atoms with E-state index in [1.54, 1.807) is 0 Å². The molecule has 0 aromatic heterocycles. The number of hydrogen-bond acceptors (Lipinski definition) is 2. The highest BCUT2D eigenvalue weighted by atomic mass is 16.1. The third-order valence-electron chi connectivity index (χ3n) is 2.36. The van der Waals surface area contributed by atoms with Crippen LogP contribution in [-0.2, 0) is 4.79 Å². The Kier molecular flexibility index (Phi) is 5.57. The van der Waals surface area contributed by atoms with Crippen molar-refractivity contribution >= 4 is 5.91 Å². The number of hydrogen-bond donors (Lipinski definition) is 2. The van der Waals surface area contributed by atoms with Gasteiger partial charge in [0.15, 0.2) is 0 Å². The molecule has 1 amide bonds. The summed E-state index contributed by atoms with van der Waals surface area (Å²) >= 11 is 0. The molecule has 0 saturated carbocycles. The van der Waals surface area contributed by atoms with E-state index >= 15 is 0 Å². The number of carbonyl (C=O) groups is 1. The Morgan fingerprint density at radius 2 is 1.54 bits per heavy atom. The predicted molar refractivity (Wildman–Crippen MR) is 53.6 cm³/mol. The summed E-state index contributed by atoms with van der Waals surface area (Å²) < 4.78 is 0. The summed E-state index contributed by atoms with van der Waals surface area (Å²) in [5.74, 6) is 0.214. The molecule has 0 atom stereocenters.